The van der Waals surface area contributed by atoms with E-state index in [9.17, 15) is 0 Å². The fourth-order valence-electron chi connectivity index (χ4n) is 2.62. The van der Waals surface area contributed by atoms with E-state index >= 15 is 0 Å². The zero-order valence-corrected chi connectivity index (χ0v) is 9.43. The Kier molecular flexibility index (Phi) is 3.60. The lowest BCUT2D eigenvalue weighted by atomic mass is 9.77. The average molecular weight is 209 g/mol. The molecule has 1 aliphatic carbocycles. The third-order valence-electron chi connectivity index (χ3n) is 3.44. The van der Waals surface area contributed by atoms with Gasteiger partial charge in [0, 0.05) is 0 Å². The maximum Gasteiger partial charge on any atom is -0.000231 e. The predicted octanol–water partition coefficient (Wildman–Crippen LogP) is 3.37. The number of rotatable bonds is 3. The first-order valence-corrected chi connectivity index (χ1v) is 6.58. The van der Waals surface area contributed by atoms with Crippen LogP contribution in [0.15, 0.2) is 16.8 Å². The number of hydrogen-bond donors (Lipinski definition) is 1. The summed E-state index contributed by atoms with van der Waals surface area (Å²) < 4.78 is 0. The molecule has 1 aliphatic rings. The Labute approximate surface area is 90.3 Å². The third kappa shape index (κ3) is 2.18. The molecule has 0 saturated heterocycles. The molecule has 0 aromatic carbocycles. The van der Waals surface area contributed by atoms with Crippen LogP contribution in [-0.4, -0.2) is 6.54 Å². The lowest BCUT2D eigenvalue weighted by molar-refractivity contribution is 0.308. The summed E-state index contributed by atoms with van der Waals surface area (Å²) in [5, 5.41) is 4.44. The lowest BCUT2D eigenvalue weighted by Crippen LogP contribution is -2.23. The van der Waals surface area contributed by atoms with Gasteiger partial charge in [-0.05, 0) is 53.6 Å². The highest BCUT2D eigenvalue weighted by atomic mass is 32.1. The SMILES string of the molecule is NC[C@H](c1ccsc1)C1CCCCC1. The first kappa shape index (κ1) is 10.2. The highest BCUT2D eigenvalue weighted by Crippen LogP contribution is 2.35. The monoisotopic (exact) mass is 209 g/mol. The quantitative estimate of drug-likeness (QED) is 0.811. The van der Waals surface area contributed by atoms with E-state index in [1.165, 1.54) is 37.7 Å². The zero-order valence-electron chi connectivity index (χ0n) is 8.61. The first-order valence-electron chi connectivity index (χ1n) is 5.64. The van der Waals surface area contributed by atoms with Crippen LogP contribution >= 0.6 is 11.3 Å². The molecule has 1 aromatic heterocycles. The van der Waals surface area contributed by atoms with Gasteiger partial charge >= 0.3 is 0 Å². The van der Waals surface area contributed by atoms with Gasteiger partial charge in [-0.1, -0.05) is 19.3 Å². The molecule has 2 N–H and O–H groups in total. The van der Waals surface area contributed by atoms with E-state index in [1.807, 2.05) is 0 Å². The van der Waals surface area contributed by atoms with Gasteiger partial charge < -0.3 is 5.73 Å². The van der Waals surface area contributed by atoms with Gasteiger partial charge in [0.25, 0.3) is 0 Å². The van der Waals surface area contributed by atoms with Crippen molar-refractivity contribution >= 4 is 11.3 Å². The minimum absolute atomic E-state index is 0.626. The van der Waals surface area contributed by atoms with Gasteiger partial charge in [0.2, 0.25) is 0 Å². The summed E-state index contributed by atoms with van der Waals surface area (Å²) in [5.74, 6) is 1.48. The molecule has 1 nitrogen and oxygen atoms in total. The third-order valence-corrected chi connectivity index (χ3v) is 4.15. The molecule has 1 heterocycles. The van der Waals surface area contributed by atoms with Crippen molar-refractivity contribution in [1.29, 1.82) is 0 Å². The maximum atomic E-state index is 5.90. The Morgan fingerprint density at radius 1 is 1.36 bits per heavy atom. The van der Waals surface area contributed by atoms with Crippen LogP contribution in [0.3, 0.4) is 0 Å². The molecule has 0 aliphatic heterocycles. The van der Waals surface area contributed by atoms with E-state index in [0.29, 0.717) is 5.92 Å². The number of nitrogens with two attached hydrogens (primary N) is 1. The Morgan fingerprint density at radius 3 is 2.71 bits per heavy atom. The molecular formula is C12H19NS. The topological polar surface area (TPSA) is 26.0 Å². The molecule has 1 aromatic rings. The molecule has 14 heavy (non-hydrogen) atoms. The minimum atomic E-state index is 0.626. The van der Waals surface area contributed by atoms with Crippen molar-refractivity contribution in [2.24, 2.45) is 11.7 Å². The highest BCUT2D eigenvalue weighted by molar-refractivity contribution is 7.07. The van der Waals surface area contributed by atoms with E-state index in [1.54, 1.807) is 11.3 Å². The van der Waals surface area contributed by atoms with Crippen LogP contribution in [0.5, 0.6) is 0 Å². The van der Waals surface area contributed by atoms with Crippen LogP contribution in [0.25, 0.3) is 0 Å². The maximum absolute atomic E-state index is 5.90. The largest absolute Gasteiger partial charge is 0.330 e. The fourth-order valence-corrected chi connectivity index (χ4v) is 3.35. The summed E-state index contributed by atoms with van der Waals surface area (Å²) in [6.45, 7) is 0.821. The molecule has 1 atom stereocenters. The summed E-state index contributed by atoms with van der Waals surface area (Å²) in [7, 11) is 0. The van der Waals surface area contributed by atoms with Gasteiger partial charge in [-0.2, -0.15) is 11.3 Å². The summed E-state index contributed by atoms with van der Waals surface area (Å²) >= 11 is 1.79. The van der Waals surface area contributed by atoms with Gasteiger partial charge in [-0.15, -0.1) is 0 Å². The Balaban J connectivity index is 2.04. The summed E-state index contributed by atoms with van der Waals surface area (Å²) in [5.41, 5.74) is 7.38. The smallest absolute Gasteiger partial charge is 0.000231 e. The molecule has 1 saturated carbocycles. The van der Waals surface area contributed by atoms with Crippen molar-refractivity contribution in [1.82, 2.24) is 0 Å². The van der Waals surface area contributed by atoms with Crippen molar-refractivity contribution in [3.63, 3.8) is 0 Å². The van der Waals surface area contributed by atoms with Crippen LogP contribution in [-0.2, 0) is 0 Å². The lowest BCUT2D eigenvalue weighted by Gasteiger charge is -2.29. The van der Waals surface area contributed by atoms with E-state index in [4.69, 9.17) is 5.73 Å². The molecule has 0 radical (unpaired) electrons. The van der Waals surface area contributed by atoms with E-state index in [2.05, 4.69) is 16.8 Å². The number of hydrogen-bond acceptors (Lipinski definition) is 2. The van der Waals surface area contributed by atoms with Gasteiger partial charge in [-0.3, -0.25) is 0 Å². The van der Waals surface area contributed by atoms with Crippen molar-refractivity contribution in [2.45, 2.75) is 38.0 Å². The Hall–Kier alpha value is -0.340. The molecule has 2 heteroatoms. The van der Waals surface area contributed by atoms with Crippen LogP contribution in [0, 0.1) is 5.92 Å². The Bertz CT molecular complexity index is 249. The summed E-state index contributed by atoms with van der Waals surface area (Å²) in [6, 6.07) is 2.25. The second-order valence-corrected chi connectivity index (χ2v) is 5.08. The zero-order chi connectivity index (χ0) is 9.80. The molecule has 0 bridgehead atoms. The average Bonchev–Trinajstić information content (AvgIpc) is 2.74. The molecule has 78 valence electrons. The first-order chi connectivity index (χ1) is 6.92. The van der Waals surface area contributed by atoms with Crippen molar-refractivity contribution in [2.75, 3.05) is 6.54 Å². The van der Waals surface area contributed by atoms with Crippen LogP contribution in [0.1, 0.15) is 43.6 Å². The molecule has 0 spiro atoms. The van der Waals surface area contributed by atoms with E-state index in [-0.39, 0.29) is 0 Å². The van der Waals surface area contributed by atoms with Crippen molar-refractivity contribution in [3.05, 3.63) is 22.4 Å². The minimum Gasteiger partial charge on any atom is -0.330 e. The standard InChI is InChI=1S/C12H19NS/c13-8-12(11-6-7-14-9-11)10-4-2-1-3-5-10/h6-7,9-10,12H,1-5,8,13H2/t12-/m0/s1. The van der Waals surface area contributed by atoms with E-state index in [0.717, 1.165) is 12.5 Å². The summed E-state index contributed by atoms with van der Waals surface area (Å²) in [6.07, 6.45) is 7.02. The highest BCUT2D eigenvalue weighted by Gasteiger charge is 2.23. The van der Waals surface area contributed by atoms with Crippen molar-refractivity contribution in [3.8, 4) is 0 Å². The van der Waals surface area contributed by atoms with Gasteiger partial charge in [0.05, 0.1) is 0 Å². The molecule has 2 rings (SSSR count). The molecule has 0 unspecified atom stereocenters. The Morgan fingerprint density at radius 2 is 2.14 bits per heavy atom. The van der Waals surface area contributed by atoms with Crippen LogP contribution < -0.4 is 5.73 Å². The molecule has 0 amide bonds. The normalized spacial score (nSPS) is 20.9. The van der Waals surface area contributed by atoms with Crippen LogP contribution in [0.2, 0.25) is 0 Å². The van der Waals surface area contributed by atoms with Crippen LogP contribution in [0.4, 0.5) is 0 Å². The predicted molar refractivity (Wildman–Crippen MR) is 62.7 cm³/mol. The second kappa shape index (κ2) is 4.94. The van der Waals surface area contributed by atoms with Crippen molar-refractivity contribution < 1.29 is 0 Å². The van der Waals surface area contributed by atoms with Gasteiger partial charge in [0.15, 0.2) is 0 Å². The van der Waals surface area contributed by atoms with Gasteiger partial charge in [0.1, 0.15) is 0 Å². The fraction of sp³-hybridized carbons (Fsp3) is 0.667. The molecular weight excluding hydrogens is 190 g/mol. The van der Waals surface area contributed by atoms with E-state index < -0.39 is 0 Å². The molecule has 1 fully saturated rings. The van der Waals surface area contributed by atoms with Gasteiger partial charge in [-0.25, -0.2) is 0 Å². The second-order valence-electron chi connectivity index (χ2n) is 4.30. The summed E-state index contributed by atoms with van der Waals surface area (Å²) in [4.78, 5) is 0. The number of thiophene rings is 1.